The molecule has 0 saturated carbocycles. The fraction of sp³-hybridized carbons (Fsp3) is 0.640. The lowest BCUT2D eigenvalue weighted by Crippen LogP contribution is -2.49. The van der Waals surface area contributed by atoms with Crippen LogP contribution in [0.4, 0.5) is 16.2 Å². The number of hydrogen-bond acceptors (Lipinski definition) is 4. The van der Waals surface area contributed by atoms with Crippen LogP contribution in [0, 0.1) is 0 Å². The van der Waals surface area contributed by atoms with Crippen LogP contribution in [0.25, 0.3) is 0 Å². The largest absolute Gasteiger partial charge is 0.369 e. The Labute approximate surface area is 197 Å². The lowest BCUT2D eigenvalue weighted by molar-refractivity contribution is -0.115. The van der Waals surface area contributed by atoms with Gasteiger partial charge in [0.2, 0.25) is 5.91 Å². The smallest absolute Gasteiger partial charge is 0.317 e. The molecule has 0 unspecified atom stereocenters. The molecule has 1 aromatic carbocycles. The van der Waals surface area contributed by atoms with Gasteiger partial charge < -0.3 is 25.3 Å². The number of benzene rings is 1. The van der Waals surface area contributed by atoms with E-state index >= 15 is 0 Å². The predicted octanol–water partition coefficient (Wildman–Crippen LogP) is 3.68. The fourth-order valence-electron chi connectivity index (χ4n) is 4.34. The molecule has 2 fully saturated rings. The Morgan fingerprint density at radius 2 is 1.58 bits per heavy atom. The minimum atomic E-state index is -0.282. The highest BCUT2D eigenvalue weighted by Gasteiger charge is 2.27. The molecule has 3 rings (SSSR count). The summed E-state index contributed by atoms with van der Waals surface area (Å²) in [7, 11) is 0. The van der Waals surface area contributed by atoms with Gasteiger partial charge in [-0.2, -0.15) is 0 Å². The topological polar surface area (TPSA) is 85.0 Å². The molecule has 2 saturated heterocycles. The second-order valence-electron chi connectivity index (χ2n) is 9.99. The van der Waals surface area contributed by atoms with Gasteiger partial charge in [0.25, 0.3) is 5.91 Å². The van der Waals surface area contributed by atoms with Crippen LogP contribution in [0.5, 0.6) is 0 Å². The van der Waals surface area contributed by atoms with Crippen molar-refractivity contribution in [3.63, 3.8) is 0 Å². The van der Waals surface area contributed by atoms with Crippen LogP contribution in [-0.2, 0) is 4.79 Å². The average Bonchev–Trinajstić information content (AvgIpc) is 3.04. The van der Waals surface area contributed by atoms with Crippen LogP contribution >= 0.6 is 0 Å². The fourth-order valence-corrected chi connectivity index (χ4v) is 4.34. The van der Waals surface area contributed by atoms with Crippen molar-refractivity contribution in [2.45, 2.75) is 65.3 Å². The quantitative estimate of drug-likeness (QED) is 0.722. The third kappa shape index (κ3) is 6.85. The van der Waals surface area contributed by atoms with E-state index in [-0.39, 0.29) is 23.4 Å². The molecule has 2 aliphatic heterocycles. The van der Waals surface area contributed by atoms with E-state index in [9.17, 15) is 14.4 Å². The summed E-state index contributed by atoms with van der Waals surface area (Å²) in [6.45, 7) is 12.0. The summed E-state index contributed by atoms with van der Waals surface area (Å²) in [4.78, 5) is 44.1. The molecule has 2 aliphatic rings. The Balaban J connectivity index is 1.82. The molecular formula is C25H39N5O3. The van der Waals surface area contributed by atoms with Gasteiger partial charge in [-0.1, -0.05) is 6.92 Å². The van der Waals surface area contributed by atoms with E-state index < -0.39 is 0 Å². The zero-order valence-corrected chi connectivity index (χ0v) is 20.6. The number of likely N-dealkylation sites (tertiary alicyclic amines) is 1. The molecule has 0 aromatic heterocycles. The van der Waals surface area contributed by atoms with Crippen LogP contribution in [0.2, 0.25) is 0 Å². The summed E-state index contributed by atoms with van der Waals surface area (Å²) in [6.07, 6.45) is 4.41. The SMILES string of the molecule is CCC(=O)Nc1ccc(N2CCCN(C(=O)NC(C)(C)C)CC2)c(C(=O)N2CCCCC2)c1. The normalized spacial score (nSPS) is 17.4. The number of nitrogens with zero attached hydrogens (tertiary/aromatic N) is 3. The van der Waals surface area contributed by atoms with Gasteiger partial charge in [-0.05, 0) is 64.7 Å². The van der Waals surface area contributed by atoms with Gasteiger partial charge in [-0.3, -0.25) is 9.59 Å². The van der Waals surface area contributed by atoms with Crippen LogP contribution in [0.1, 0.15) is 70.2 Å². The minimum absolute atomic E-state index is 0.0175. The Hall–Kier alpha value is -2.77. The van der Waals surface area contributed by atoms with Crippen molar-refractivity contribution < 1.29 is 14.4 Å². The predicted molar refractivity (Wildman–Crippen MR) is 132 cm³/mol. The molecule has 4 amide bonds. The first-order valence-electron chi connectivity index (χ1n) is 12.2. The summed E-state index contributed by atoms with van der Waals surface area (Å²) < 4.78 is 0. The first kappa shape index (κ1) is 24.9. The Morgan fingerprint density at radius 3 is 2.24 bits per heavy atom. The maximum atomic E-state index is 13.5. The molecule has 0 aliphatic carbocycles. The van der Waals surface area contributed by atoms with Gasteiger partial charge in [0.05, 0.1) is 5.56 Å². The van der Waals surface area contributed by atoms with Crippen LogP contribution < -0.4 is 15.5 Å². The standard InChI is InChI=1S/C25H39N5O3/c1-5-22(31)26-19-10-11-21(20(18-19)23(32)29-12-7-6-8-13-29)28-14-9-15-30(17-16-28)24(33)27-25(2,3)4/h10-11,18H,5-9,12-17H2,1-4H3,(H,26,31)(H,27,33). The van der Waals surface area contributed by atoms with Crippen LogP contribution in [-0.4, -0.2) is 72.5 Å². The highest BCUT2D eigenvalue weighted by atomic mass is 16.2. The maximum Gasteiger partial charge on any atom is 0.317 e. The molecule has 0 bridgehead atoms. The van der Waals surface area contributed by atoms with E-state index in [1.165, 1.54) is 0 Å². The second-order valence-corrected chi connectivity index (χ2v) is 9.99. The third-order valence-electron chi connectivity index (χ3n) is 6.08. The zero-order chi connectivity index (χ0) is 24.0. The summed E-state index contributed by atoms with van der Waals surface area (Å²) in [6, 6.07) is 5.57. The lowest BCUT2D eigenvalue weighted by atomic mass is 10.1. The molecule has 2 heterocycles. The molecule has 0 radical (unpaired) electrons. The highest BCUT2D eigenvalue weighted by Crippen LogP contribution is 2.28. The molecule has 182 valence electrons. The highest BCUT2D eigenvalue weighted by molar-refractivity contribution is 6.02. The molecule has 8 nitrogen and oxygen atoms in total. The van der Waals surface area contributed by atoms with Crippen molar-refractivity contribution in [1.29, 1.82) is 0 Å². The molecule has 8 heteroatoms. The first-order valence-corrected chi connectivity index (χ1v) is 12.2. The van der Waals surface area contributed by atoms with Crippen molar-refractivity contribution in [2.75, 3.05) is 49.5 Å². The average molecular weight is 458 g/mol. The Morgan fingerprint density at radius 1 is 0.879 bits per heavy atom. The van der Waals surface area contributed by atoms with Gasteiger partial charge in [-0.15, -0.1) is 0 Å². The van der Waals surface area contributed by atoms with E-state index in [0.29, 0.717) is 37.3 Å². The molecule has 33 heavy (non-hydrogen) atoms. The molecule has 0 spiro atoms. The van der Waals surface area contributed by atoms with Crippen LogP contribution in [0.15, 0.2) is 18.2 Å². The number of nitrogens with one attached hydrogen (secondary N) is 2. The minimum Gasteiger partial charge on any atom is -0.369 e. The van der Waals surface area contributed by atoms with E-state index in [2.05, 4.69) is 15.5 Å². The molecule has 0 atom stereocenters. The first-order chi connectivity index (χ1) is 15.7. The Bertz CT molecular complexity index is 858. The van der Waals surface area contributed by atoms with Crippen molar-refractivity contribution in [3.05, 3.63) is 23.8 Å². The number of urea groups is 1. The summed E-state index contributed by atoms with van der Waals surface area (Å²) in [5, 5.41) is 5.93. The van der Waals surface area contributed by atoms with E-state index in [1.807, 2.05) is 55.7 Å². The third-order valence-corrected chi connectivity index (χ3v) is 6.08. The number of anilines is 2. The maximum absolute atomic E-state index is 13.5. The Kier molecular flexibility index (Phi) is 8.21. The molecule has 1 aromatic rings. The number of carbonyl (C=O) groups excluding carboxylic acids is 3. The number of piperidine rings is 1. The van der Waals surface area contributed by atoms with Crippen molar-refractivity contribution in [2.24, 2.45) is 0 Å². The lowest BCUT2D eigenvalue weighted by Gasteiger charge is -2.31. The molecule has 2 N–H and O–H groups in total. The number of carbonyl (C=O) groups is 3. The monoisotopic (exact) mass is 457 g/mol. The van der Waals surface area contributed by atoms with Gasteiger partial charge in [0.1, 0.15) is 0 Å². The van der Waals surface area contributed by atoms with Crippen molar-refractivity contribution in [3.8, 4) is 0 Å². The van der Waals surface area contributed by atoms with Crippen molar-refractivity contribution >= 4 is 29.2 Å². The van der Waals surface area contributed by atoms with Gasteiger partial charge in [0.15, 0.2) is 0 Å². The van der Waals surface area contributed by atoms with Gasteiger partial charge in [-0.25, -0.2) is 4.79 Å². The second kappa shape index (κ2) is 10.9. The van der Waals surface area contributed by atoms with E-state index in [4.69, 9.17) is 0 Å². The summed E-state index contributed by atoms with van der Waals surface area (Å²) >= 11 is 0. The van der Waals surface area contributed by atoms with Crippen molar-refractivity contribution in [1.82, 2.24) is 15.1 Å². The number of hydrogen-bond donors (Lipinski definition) is 2. The van der Waals surface area contributed by atoms with E-state index in [0.717, 1.165) is 51.0 Å². The molecular weight excluding hydrogens is 418 g/mol. The number of rotatable bonds is 4. The summed E-state index contributed by atoms with van der Waals surface area (Å²) in [5.41, 5.74) is 1.86. The van der Waals surface area contributed by atoms with Crippen LogP contribution in [0.3, 0.4) is 0 Å². The van der Waals surface area contributed by atoms with Gasteiger partial charge >= 0.3 is 6.03 Å². The summed E-state index contributed by atoms with van der Waals surface area (Å²) in [5.74, 6) is -0.0572. The van der Waals surface area contributed by atoms with E-state index in [1.54, 1.807) is 0 Å². The zero-order valence-electron chi connectivity index (χ0n) is 20.6. The number of amides is 4. The van der Waals surface area contributed by atoms with Gasteiger partial charge in [0, 0.05) is 62.6 Å².